The van der Waals surface area contributed by atoms with Gasteiger partial charge >= 0.3 is 0 Å². The van der Waals surface area contributed by atoms with E-state index in [1.54, 1.807) is 0 Å². The van der Waals surface area contributed by atoms with Crippen LogP contribution in [0.25, 0.3) is 0 Å². The Morgan fingerprint density at radius 3 is 2.69 bits per heavy atom. The first-order chi connectivity index (χ1) is 7.58. The van der Waals surface area contributed by atoms with Crippen molar-refractivity contribution in [3.63, 3.8) is 0 Å². The van der Waals surface area contributed by atoms with Crippen LogP contribution in [-0.4, -0.2) is 25.2 Å². The average Bonchev–Trinajstić information content (AvgIpc) is 2.26. The van der Waals surface area contributed by atoms with E-state index in [4.69, 9.17) is 23.2 Å². The SMILES string of the molecule is C[C@@H]1CN(c2ccc(Cl)c(Cl)c2)[C@@H](C)CN1. The zero-order valence-electron chi connectivity index (χ0n) is 9.50. The first-order valence-electron chi connectivity index (χ1n) is 5.53. The van der Waals surface area contributed by atoms with Crippen LogP contribution in [0.4, 0.5) is 5.69 Å². The van der Waals surface area contributed by atoms with Crippen molar-refractivity contribution in [1.29, 1.82) is 0 Å². The second kappa shape index (κ2) is 4.82. The molecule has 1 aromatic carbocycles. The van der Waals surface area contributed by atoms with Crippen LogP contribution in [0.15, 0.2) is 18.2 Å². The van der Waals surface area contributed by atoms with Gasteiger partial charge in [0.05, 0.1) is 10.0 Å². The van der Waals surface area contributed by atoms with E-state index in [-0.39, 0.29) is 0 Å². The van der Waals surface area contributed by atoms with Gasteiger partial charge in [-0.05, 0) is 32.0 Å². The Balaban J connectivity index is 2.24. The zero-order valence-corrected chi connectivity index (χ0v) is 11.0. The number of piperazine rings is 1. The van der Waals surface area contributed by atoms with E-state index >= 15 is 0 Å². The Hall–Kier alpha value is -0.440. The number of rotatable bonds is 1. The molecule has 0 bridgehead atoms. The van der Waals surface area contributed by atoms with Crippen LogP contribution >= 0.6 is 23.2 Å². The van der Waals surface area contributed by atoms with Gasteiger partial charge in [-0.1, -0.05) is 23.2 Å². The monoisotopic (exact) mass is 258 g/mol. The van der Waals surface area contributed by atoms with Gasteiger partial charge in [0, 0.05) is 30.9 Å². The van der Waals surface area contributed by atoms with Gasteiger partial charge in [-0.15, -0.1) is 0 Å². The maximum atomic E-state index is 6.04. The van der Waals surface area contributed by atoms with Gasteiger partial charge < -0.3 is 10.2 Å². The van der Waals surface area contributed by atoms with Gasteiger partial charge in [0.15, 0.2) is 0 Å². The molecule has 2 rings (SSSR count). The number of anilines is 1. The number of halogens is 2. The van der Waals surface area contributed by atoms with Crippen LogP contribution < -0.4 is 10.2 Å². The molecule has 1 aliphatic heterocycles. The molecule has 0 aromatic heterocycles. The molecule has 1 fully saturated rings. The molecule has 0 spiro atoms. The fraction of sp³-hybridized carbons (Fsp3) is 0.500. The summed E-state index contributed by atoms with van der Waals surface area (Å²) in [6.45, 7) is 6.40. The molecule has 0 unspecified atom stereocenters. The van der Waals surface area contributed by atoms with Crippen molar-refractivity contribution in [3.05, 3.63) is 28.2 Å². The fourth-order valence-electron chi connectivity index (χ4n) is 2.05. The number of nitrogens with one attached hydrogen (secondary N) is 1. The summed E-state index contributed by atoms with van der Waals surface area (Å²) in [5.74, 6) is 0. The molecule has 2 atom stereocenters. The first-order valence-corrected chi connectivity index (χ1v) is 6.28. The summed E-state index contributed by atoms with van der Waals surface area (Å²) >= 11 is 12.0. The Labute approximate surface area is 107 Å². The summed E-state index contributed by atoms with van der Waals surface area (Å²) in [6.07, 6.45) is 0. The normalized spacial score (nSPS) is 25.9. The van der Waals surface area contributed by atoms with E-state index in [0.29, 0.717) is 22.1 Å². The molecule has 16 heavy (non-hydrogen) atoms. The summed E-state index contributed by atoms with van der Waals surface area (Å²) in [4.78, 5) is 2.36. The second-order valence-electron chi connectivity index (χ2n) is 4.41. The Morgan fingerprint density at radius 1 is 1.25 bits per heavy atom. The van der Waals surface area contributed by atoms with Crippen LogP contribution in [-0.2, 0) is 0 Å². The number of hydrogen-bond acceptors (Lipinski definition) is 2. The maximum absolute atomic E-state index is 6.04. The lowest BCUT2D eigenvalue weighted by Crippen LogP contribution is -2.54. The molecule has 0 amide bonds. The minimum absolute atomic E-state index is 0.480. The Bertz CT molecular complexity index is 381. The Morgan fingerprint density at radius 2 is 2.00 bits per heavy atom. The third-order valence-corrected chi connectivity index (χ3v) is 3.74. The van der Waals surface area contributed by atoms with Crippen molar-refractivity contribution in [2.24, 2.45) is 0 Å². The van der Waals surface area contributed by atoms with Gasteiger partial charge in [0.25, 0.3) is 0 Å². The number of hydrogen-bond donors (Lipinski definition) is 1. The molecule has 1 N–H and O–H groups in total. The van der Waals surface area contributed by atoms with E-state index < -0.39 is 0 Å². The number of nitrogens with zero attached hydrogens (tertiary/aromatic N) is 1. The van der Waals surface area contributed by atoms with Gasteiger partial charge in [0.2, 0.25) is 0 Å². The molecule has 0 aliphatic carbocycles. The first kappa shape index (κ1) is 12.0. The highest BCUT2D eigenvalue weighted by atomic mass is 35.5. The molecule has 0 radical (unpaired) electrons. The highest BCUT2D eigenvalue weighted by Crippen LogP contribution is 2.28. The topological polar surface area (TPSA) is 15.3 Å². The third kappa shape index (κ3) is 2.45. The second-order valence-corrected chi connectivity index (χ2v) is 5.22. The van der Waals surface area contributed by atoms with Gasteiger partial charge in [-0.3, -0.25) is 0 Å². The number of benzene rings is 1. The van der Waals surface area contributed by atoms with E-state index in [2.05, 4.69) is 24.1 Å². The van der Waals surface area contributed by atoms with Crippen molar-refractivity contribution in [2.45, 2.75) is 25.9 Å². The maximum Gasteiger partial charge on any atom is 0.0612 e. The molecule has 1 saturated heterocycles. The van der Waals surface area contributed by atoms with Crippen molar-refractivity contribution >= 4 is 28.9 Å². The van der Waals surface area contributed by atoms with E-state index in [1.165, 1.54) is 0 Å². The summed E-state index contributed by atoms with van der Waals surface area (Å²) in [5, 5.41) is 4.69. The molecule has 1 heterocycles. The fourth-order valence-corrected chi connectivity index (χ4v) is 2.34. The smallest absolute Gasteiger partial charge is 0.0612 e. The molecule has 0 saturated carbocycles. The minimum Gasteiger partial charge on any atom is -0.366 e. The van der Waals surface area contributed by atoms with E-state index in [1.807, 2.05) is 18.2 Å². The van der Waals surface area contributed by atoms with Crippen LogP contribution in [0.1, 0.15) is 13.8 Å². The molecule has 2 nitrogen and oxygen atoms in total. The predicted octanol–water partition coefficient (Wildman–Crippen LogP) is 3.18. The van der Waals surface area contributed by atoms with Crippen molar-refractivity contribution in [1.82, 2.24) is 5.32 Å². The van der Waals surface area contributed by atoms with Gasteiger partial charge in [-0.25, -0.2) is 0 Å². The van der Waals surface area contributed by atoms with Gasteiger partial charge in [-0.2, -0.15) is 0 Å². The van der Waals surface area contributed by atoms with E-state index in [9.17, 15) is 0 Å². The molecule has 1 aromatic rings. The summed E-state index contributed by atoms with van der Waals surface area (Å²) in [6, 6.07) is 6.82. The largest absolute Gasteiger partial charge is 0.366 e. The predicted molar refractivity (Wildman–Crippen MR) is 70.7 cm³/mol. The lowest BCUT2D eigenvalue weighted by molar-refractivity contribution is 0.425. The summed E-state index contributed by atoms with van der Waals surface area (Å²) in [5.41, 5.74) is 1.15. The quantitative estimate of drug-likeness (QED) is 0.833. The standard InChI is InChI=1S/C12H16Cl2N2/c1-8-7-16(9(2)6-15-8)10-3-4-11(13)12(14)5-10/h3-5,8-9,15H,6-7H2,1-2H3/t8-,9+/m1/s1. The molecule has 88 valence electrons. The summed E-state index contributed by atoms with van der Waals surface area (Å²) < 4.78 is 0. The lowest BCUT2D eigenvalue weighted by atomic mass is 10.1. The van der Waals surface area contributed by atoms with Gasteiger partial charge in [0.1, 0.15) is 0 Å². The van der Waals surface area contributed by atoms with Crippen LogP contribution in [0, 0.1) is 0 Å². The zero-order chi connectivity index (χ0) is 11.7. The third-order valence-electron chi connectivity index (χ3n) is 3.00. The Kier molecular flexibility index (Phi) is 3.63. The van der Waals surface area contributed by atoms with Crippen molar-refractivity contribution in [3.8, 4) is 0 Å². The lowest BCUT2D eigenvalue weighted by Gasteiger charge is -2.39. The minimum atomic E-state index is 0.480. The van der Waals surface area contributed by atoms with Crippen LogP contribution in [0.2, 0.25) is 10.0 Å². The van der Waals surface area contributed by atoms with Crippen molar-refractivity contribution < 1.29 is 0 Å². The van der Waals surface area contributed by atoms with Crippen LogP contribution in [0.5, 0.6) is 0 Å². The molecular formula is C12H16Cl2N2. The highest BCUT2D eigenvalue weighted by molar-refractivity contribution is 6.42. The molecular weight excluding hydrogens is 243 g/mol. The van der Waals surface area contributed by atoms with Crippen LogP contribution in [0.3, 0.4) is 0 Å². The average molecular weight is 259 g/mol. The molecule has 4 heteroatoms. The highest BCUT2D eigenvalue weighted by Gasteiger charge is 2.22. The van der Waals surface area contributed by atoms with Crippen molar-refractivity contribution in [2.75, 3.05) is 18.0 Å². The van der Waals surface area contributed by atoms with E-state index in [0.717, 1.165) is 18.8 Å². The summed E-state index contributed by atoms with van der Waals surface area (Å²) in [7, 11) is 0. The molecule has 1 aliphatic rings.